The molecule has 1 unspecified atom stereocenters. The summed E-state index contributed by atoms with van der Waals surface area (Å²) >= 11 is 0. The van der Waals surface area contributed by atoms with Crippen LogP contribution in [0.1, 0.15) is 63.1 Å². The Morgan fingerprint density at radius 3 is 2.55 bits per heavy atom. The monoisotopic (exact) mass is 274 g/mol. The number of esters is 1. The minimum Gasteiger partial charge on any atom is -0.460 e. The van der Waals surface area contributed by atoms with Crippen molar-refractivity contribution in [1.82, 2.24) is 0 Å². The first-order chi connectivity index (χ1) is 9.26. The largest absolute Gasteiger partial charge is 0.460 e. The number of aryl methyl sites for hydroxylation is 1. The number of hydrogen-bond donors (Lipinski definition) is 0. The van der Waals surface area contributed by atoms with E-state index < -0.39 is 5.60 Å². The third-order valence-electron chi connectivity index (χ3n) is 3.65. The van der Waals surface area contributed by atoms with Gasteiger partial charge in [0.2, 0.25) is 0 Å². The molecule has 1 aromatic rings. The topological polar surface area (TPSA) is 26.3 Å². The zero-order valence-corrected chi connectivity index (χ0v) is 13.3. The van der Waals surface area contributed by atoms with Crippen molar-refractivity contribution in [2.75, 3.05) is 0 Å². The molecule has 2 rings (SSSR count). The number of carbonyl (C=O) groups is 1. The predicted molar refractivity (Wildman–Crippen MR) is 81.9 cm³/mol. The van der Waals surface area contributed by atoms with Gasteiger partial charge in [0.15, 0.2) is 0 Å². The fraction of sp³-hybridized carbons (Fsp3) is 0.611. The zero-order valence-electron chi connectivity index (χ0n) is 13.3. The van der Waals surface area contributed by atoms with Crippen molar-refractivity contribution in [3.05, 3.63) is 34.9 Å². The van der Waals surface area contributed by atoms with Crippen molar-refractivity contribution in [3.8, 4) is 0 Å². The van der Waals surface area contributed by atoms with Crippen LogP contribution < -0.4 is 0 Å². The second-order valence-corrected chi connectivity index (χ2v) is 7.12. The molecule has 2 nitrogen and oxygen atoms in total. The molecule has 1 aliphatic carbocycles. The average molecular weight is 274 g/mol. The lowest BCUT2D eigenvalue weighted by molar-refractivity contribution is -0.159. The van der Waals surface area contributed by atoms with E-state index in [1.54, 1.807) is 0 Å². The van der Waals surface area contributed by atoms with Crippen LogP contribution in [0.4, 0.5) is 0 Å². The molecule has 2 heteroatoms. The maximum Gasteiger partial charge on any atom is 0.309 e. The summed E-state index contributed by atoms with van der Waals surface area (Å²) in [6, 6.07) is 6.65. The van der Waals surface area contributed by atoms with Crippen LogP contribution in [0.15, 0.2) is 18.2 Å². The van der Waals surface area contributed by atoms with E-state index in [1.807, 2.05) is 27.7 Å². The van der Waals surface area contributed by atoms with Gasteiger partial charge in [0.05, 0.1) is 5.92 Å². The number of ether oxygens (including phenoxy) is 1. The molecule has 0 saturated heterocycles. The van der Waals surface area contributed by atoms with E-state index in [-0.39, 0.29) is 11.9 Å². The molecule has 0 amide bonds. The molecule has 20 heavy (non-hydrogen) atoms. The van der Waals surface area contributed by atoms with Gasteiger partial charge in [-0.15, -0.1) is 0 Å². The highest BCUT2D eigenvalue weighted by atomic mass is 16.6. The molecule has 1 aliphatic rings. The van der Waals surface area contributed by atoms with Gasteiger partial charge < -0.3 is 4.74 Å². The van der Waals surface area contributed by atoms with Gasteiger partial charge in [0, 0.05) is 0 Å². The van der Waals surface area contributed by atoms with Gasteiger partial charge in [0.1, 0.15) is 5.60 Å². The number of hydrogen-bond acceptors (Lipinski definition) is 2. The van der Waals surface area contributed by atoms with Gasteiger partial charge in [-0.3, -0.25) is 4.79 Å². The first-order valence-corrected chi connectivity index (χ1v) is 7.58. The molecule has 0 heterocycles. The fourth-order valence-electron chi connectivity index (χ4n) is 2.52. The second kappa shape index (κ2) is 5.59. The quantitative estimate of drug-likeness (QED) is 0.761. The first kappa shape index (κ1) is 15.1. The van der Waals surface area contributed by atoms with Gasteiger partial charge in [-0.25, -0.2) is 0 Å². The molecule has 1 saturated carbocycles. The Morgan fingerprint density at radius 2 is 2.00 bits per heavy atom. The lowest BCUT2D eigenvalue weighted by atomic mass is 9.93. The molecule has 1 aromatic carbocycles. The van der Waals surface area contributed by atoms with Gasteiger partial charge in [-0.2, -0.15) is 0 Å². The van der Waals surface area contributed by atoms with Gasteiger partial charge in [-0.05, 0) is 64.0 Å². The predicted octanol–water partition coefficient (Wildman–Crippen LogP) is 4.39. The fourth-order valence-corrected chi connectivity index (χ4v) is 2.52. The van der Waals surface area contributed by atoms with Crippen LogP contribution in [-0.2, 0) is 16.0 Å². The van der Waals surface area contributed by atoms with E-state index >= 15 is 0 Å². The third-order valence-corrected chi connectivity index (χ3v) is 3.65. The van der Waals surface area contributed by atoms with Crippen LogP contribution in [0.3, 0.4) is 0 Å². The van der Waals surface area contributed by atoms with Crippen molar-refractivity contribution in [3.63, 3.8) is 0 Å². The maximum absolute atomic E-state index is 12.1. The van der Waals surface area contributed by atoms with Crippen molar-refractivity contribution in [2.45, 2.75) is 65.4 Å². The summed E-state index contributed by atoms with van der Waals surface area (Å²) in [5.74, 6) is 0.533. The Bertz CT molecular complexity index is 493. The smallest absolute Gasteiger partial charge is 0.309 e. The van der Waals surface area contributed by atoms with Gasteiger partial charge in [0.25, 0.3) is 0 Å². The molecule has 1 atom stereocenters. The zero-order chi connectivity index (χ0) is 14.9. The van der Waals surface area contributed by atoms with E-state index in [1.165, 1.54) is 29.5 Å². The highest BCUT2D eigenvalue weighted by Gasteiger charge is 2.28. The van der Waals surface area contributed by atoms with E-state index in [4.69, 9.17) is 4.74 Å². The van der Waals surface area contributed by atoms with Crippen molar-refractivity contribution < 1.29 is 9.53 Å². The number of rotatable bonds is 4. The Morgan fingerprint density at radius 1 is 1.35 bits per heavy atom. The molecule has 1 fully saturated rings. The molecule has 0 bridgehead atoms. The van der Waals surface area contributed by atoms with Crippen LogP contribution in [-0.4, -0.2) is 11.6 Å². The van der Waals surface area contributed by atoms with Crippen molar-refractivity contribution in [1.29, 1.82) is 0 Å². The third kappa shape index (κ3) is 4.09. The summed E-state index contributed by atoms with van der Waals surface area (Å²) in [6.45, 7) is 9.82. The van der Waals surface area contributed by atoms with E-state index in [0.29, 0.717) is 0 Å². The lowest BCUT2D eigenvalue weighted by Gasteiger charge is -2.23. The summed E-state index contributed by atoms with van der Waals surface area (Å²) in [6.07, 6.45) is 3.36. The Balaban J connectivity index is 2.09. The number of benzene rings is 1. The summed E-state index contributed by atoms with van der Waals surface area (Å²) in [5, 5.41) is 0. The minimum atomic E-state index is -0.405. The van der Waals surface area contributed by atoms with Crippen LogP contribution in [0, 0.1) is 12.8 Å². The molecule has 0 aliphatic heterocycles. The van der Waals surface area contributed by atoms with Crippen LogP contribution in [0.5, 0.6) is 0 Å². The van der Waals surface area contributed by atoms with Gasteiger partial charge in [-0.1, -0.05) is 30.7 Å². The summed E-state index contributed by atoms with van der Waals surface area (Å²) in [5.41, 5.74) is 3.62. The first-order valence-electron chi connectivity index (χ1n) is 7.58. The van der Waals surface area contributed by atoms with E-state index in [0.717, 1.165) is 12.3 Å². The molecular weight excluding hydrogens is 248 g/mol. The lowest BCUT2D eigenvalue weighted by Crippen LogP contribution is -2.28. The second-order valence-electron chi connectivity index (χ2n) is 7.12. The Hall–Kier alpha value is -1.31. The summed E-state index contributed by atoms with van der Waals surface area (Å²) < 4.78 is 5.48. The SMILES string of the molecule is Cc1ccc(C2CC2)c(CC(C)C(=O)OC(C)(C)C)c1. The molecule has 110 valence electrons. The van der Waals surface area contributed by atoms with Crippen molar-refractivity contribution >= 4 is 5.97 Å². The molecular formula is C18H26O2. The average Bonchev–Trinajstić information content (AvgIpc) is 3.10. The van der Waals surface area contributed by atoms with Crippen LogP contribution in [0.2, 0.25) is 0 Å². The molecule has 0 radical (unpaired) electrons. The van der Waals surface area contributed by atoms with E-state index in [2.05, 4.69) is 25.1 Å². The van der Waals surface area contributed by atoms with Crippen LogP contribution >= 0.6 is 0 Å². The Labute approximate surface area is 122 Å². The number of carbonyl (C=O) groups excluding carboxylic acids is 1. The summed E-state index contributed by atoms with van der Waals surface area (Å²) in [7, 11) is 0. The normalized spacial score (nSPS) is 16.9. The Kier molecular flexibility index (Phi) is 4.22. The van der Waals surface area contributed by atoms with Crippen LogP contribution in [0.25, 0.3) is 0 Å². The highest BCUT2D eigenvalue weighted by Crippen LogP contribution is 2.42. The molecule has 0 N–H and O–H groups in total. The molecule has 0 aromatic heterocycles. The summed E-state index contributed by atoms with van der Waals surface area (Å²) in [4.78, 5) is 12.1. The minimum absolute atomic E-state index is 0.0893. The maximum atomic E-state index is 12.1. The van der Waals surface area contributed by atoms with Crippen molar-refractivity contribution in [2.24, 2.45) is 5.92 Å². The van der Waals surface area contributed by atoms with E-state index in [9.17, 15) is 4.79 Å². The standard InChI is InChI=1S/C18H26O2/c1-12-6-9-16(14-7-8-14)15(10-12)11-13(2)17(19)20-18(3,4)5/h6,9-10,13-14H,7-8,11H2,1-5H3. The highest BCUT2D eigenvalue weighted by molar-refractivity contribution is 5.73. The van der Waals surface area contributed by atoms with Gasteiger partial charge >= 0.3 is 5.97 Å². The molecule has 0 spiro atoms.